The average Bonchev–Trinajstić information content (AvgIpc) is 3.46. The number of amides is 3. The number of fused-ring (bicyclic) bond motifs is 1. The molecule has 1 fully saturated rings. The number of aryl methyl sites for hydroxylation is 1. The molecular formula is C21H18N6O2S. The zero-order valence-corrected chi connectivity index (χ0v) is 16.9. The Morgan fingerprint density at radius 2 is 2.03 bits per heavy atom. The van der Waals surface area contributed by atoms with E-state index in [1.54, 1.807) is 23.2 Å². The molecule has 0 spiro atoms. The van der Waals surface area contributed by atoms with E-state index in [1.165, 1.54) is 11.3 Å². The van der Waals surface area contributed by atoms with Crippen molar-refractivity contribution in [3.63, 3.8) is 0 Å². The number of urea groups is 1. The van der Waals surface area contributed by atoms with Crippen molar-refractivity contribution >= 4 is 45.0 Å². The van der Waals surface area contributed by atoms with Gasteiger partial charge >= 0.3 is 6.03 Å². The summed E-state index contributed by atoms with van der Waals surface area (Å²) in [4.78, 5) is 31.9. The molecule has 150 valence electrons. The smallest absolute Gasteiger partial charge is 0.323 e. The fourth-order valence-corrected chi connectivity index (χ4v) is 4.48. The molecule has 1 aliphatic rings. The van der Waals surface area contributed by atoms with Crippen molar-refractivity contribution in [1.82, 2.24) is 20.1 Å². The Hall–Kier alpha value is -3.72. The number of carbonyl (C=O) groups is 2. The molecule has 1 aliphatic heterocycles. The molecule has 3 amide bonds. The minimum absolute atomic E-state index is 0.160. The maximum absolute atomic E-state index is 12.8. The molecule has 0 unspecified atom stereocenters. The quantitative estimate of drug-likeness (QED) is 0.530. The highest BCUT2D eigenvalue weighted by Crippen LogP contribution is 2.31. The number of nitrogens with one attached hydrogen (secondary N) is 2. The van der Waals surface area contributed by atoms with E-state index < -0.39 is 0 Å². The van der Waals surface area contributed by atoms with E-state index in [0.717, 1.165) is 21.6 Å². The number of hydrogen-bond donors (Lipinski definition) is 2. The van der Waals surface area contributed by atoms with Gasteiger partial charge in [0, 0.05) is 18.5 Å². The molecule has 0 saturated carbocycles. The zero-order valence-electron chi connectivity index (χ0n) is 16.1. The first-order chi connectivity index (χ1) is 14.6. The van der Waals surface area contributed by atoms with E-state index in [9.17, 15) is 9.59 Å². The van der Waals surface area contributed by atoms with Gasteiger partial charge in [-0.25, -0.2) is 14.5 Å². The van der Waals surface area contributed by atoms with Crippen LogP contribution in [0.5, 0.6) is 0 Å². The van der Waals surface area contributed by atoms with Gasteiger partial charge in [0.25, 0.3) is 5.91 Å². The second-order valence-corrected chi connectivity index (χ2v) is 7.94. The van der Waals surface area contributed by atoms with Crippen LogP contribution in [0.25, 0.3) is 15.9 Å². The molecule has 0 radical (unpaired) electrons. The first-order valence-corrected chi connectivity index (χ1v) is 10.3. The Labute approximate surface area is 176 Å². The summed E-state index contributed by atoms with van der Waals surface area (Å²) in [6.45, 7) is 3.12. The fraction of sp³-hybridized carbons (Fsp3) is 0.143. The number of carbonyl (C=O) groups excluding carboxylic acids is 2. The third-order valence-electron chi connectivity index (χ3n) is 4.91. The summed E-state index contributed by atoms with van der Waals surface area (Å²) in [5.41, 5.74) is 2.40. The summed E-state index contributed by atoms with van der Waals surface area (Å²) in [6.07, 6.45) is 1.56. The van der Waals surface area contributed by atoms with Crippen molar-refractivity contribution in [2.45, 2.75) is 6.92 Å². The molecule has 1 saturated heterocycles. The number of nitrogens with zero attached hydrogens (tertiary/aromatic N) is 4. The molecule has 0 atom stereocenters. The van der Waals surface area contributed by atoms with Gasteiger partial charge in [-0.3, -0.25) is 9.69 Å². The molecule has 2 N–H and O–H groups in total. The number of rotatable bonds is 4. The molecule has 3 aromatic heterocycles. The molecule has 5 rings (SSSR count). The van der Waals surface area contributed by atoms with Gasteiger partial charge < -0.3 is 10.6 Å². The predicted molar refractivity (Wildman–Crippen MR) is 117 cm³/mol. The molecule has 4 aromatic rings. The standard InChI is InChI=1S/C21H18N6O2S/c1-13-16-11-17(30-20(16)27(25-13)15-5-3-2-4-6-15)19(28)24-14-7-8-18(23-12-14)26-10-9-22-21(26)29/h2-8,11-12H,9-10H2,1H3,(H,22,29)(H,24,28). The van der Waals surface area contributed by atoms with Crippen LogP contribution in [0.4, 0.5) is 16.3 Å². The van der Waals surface area contributed by atoms with E-state index in [0.29, 0.717) is 29.5 Å². The van der Waals surface area contributed by atoms with Crippen molar-refractivity contribution in [3.05, 3.63) is 65.3 Å². The Morgan fingerprint density at radius 3 is 2.73 bits per heavy atom. The van der Waals surface area contributed by atoms with Gasteiger partial charge in [0.05, 0.1) is 28.1 Å². The zero-order chi connectivity index (χ0) is 20.7. The number of para-hydroxylation sites is 1. The van der Waals surface area contributed by atoms with Gasteiger partial charge in [-0.1, -0.05) is 18.2 Å². The Kier molecular flexibility index (Phi) is 4.44. The van der Waals surface area contributed by atoms with E-state index in [2.05, 4.69) is 20.7 Å². The second-order valence-electron chi connectivity index (χ2n) is 6.91. The minimum atomic E-state index is -0.205. The summed E-state index contributed by atoms with van der Waals surface area (Å²) in [5, 5.41) is 11.2. The highest BCUT2D eigenvalue weighted by Gasteiger charge is 2.22. The maximum Gasteiger partial charge on any atom is 0.323 e. The molecule has 30 heavy (non-hydrogen) atoms. The lowest BCUT2D eigenvalue weighted by atomic mass is 10.3. The summed E-state index contributed by atoms with van der Waals surface area (Å²) < 4.78 is 1.86. The average molecular weight is 418 g/mol. The number of anilines is 2. The summed E-state index contributed by atoms with van der Waals surface area (Å²) in [6, 6.07) is 15.0. The van der Waals surface area contributed by atoms with Crippen LogP contribution in [0.1, 0.15) is 15.4 Å². The van der Waals surface area contributed by atoms with Gasteiger partial charge in [0.2, 0.25) is 0 Å². The molecule has 0 aliphatic carbocycles. The van der Waals surface area contributed by atoms with E-state index in [4.69, 9.17) is 0 Å². The molecule has 0 bridgehead atoms. The Bertz CT molecular complexity index is 1250. The Balaban J connectivity index is 1.38. The van der Waals surface area contributed by atoms with Crippen LogP contribution in [-0.2, 0) is 0 Å². The lowest BCUT2D eigenvalue weighted by Gasteiger charge is -2.13. The summed E-state index contributed by atoms with van der Waals surface area (Å²) >= 11 is 1.40. The molecule has 4 heterocycles. The third kappa shape index (κ3) is 3.18. The summed E-state index contributed by atoms with van der Waals surface area (Å²) in [5.74, 6) is 0.354. The van der Waals surface area contributed by atoms with Crippen molar-refractivity contribution in [2.75, 3.05) is 23.3 Å². The maximum atomic E-state index is 12.8. The fourth-order valence-electron chi connectivity index (χ4n) is 3.41. The van der Waals surface area contributed by atoms with Gasteiger partial charge in [-0.15, -0.1) is 11.3 Å². The van der Waals surface area contributed by atoms with Gasteiger partial charge in [0.1, 0.15) is 10.6 Å². The van der Waals surface area contributed by atoms with Crippen LogP contribution in [0.3, 0.4) is 0 Å². The van der Waals surface area contributed by atoms with Crippen LogP contribution in [0.2, 0.25) is 0 Å². The lowest BCUT2D eigenvalue weighted by Crippen LogP contribution is -2.28. The topological polar surface area (TPSA) is 92.2 Å². The lowest BCUT2D eigenvalue weighted by molar-refractivity contribution is 0.103. The van der Waals surface area contributed by atoms with E-state index in [1.807, 2.05) is 48.0 Å². The second kappa shape index (κ2) is 7.27. The molecular weight excluding hydrogens is 400 g/mol. The monoisotopic (exact) mass is 418 g/mol. The number of benzene rings is 1. The van der Waals surface area contributed by atoms with E-state index in [-0.39, 0.29) is 11.9 Å². The highest BCUT2D eigenvalue weighted by molar-refractivity contribution is 7.20. The number of hydrogen-bond acceptors (Lipinski definition) is 5. The molecule has 1 aromatic carbocycles. The number of pyridine rings is 1. The number of aromatic nitrogens is 3. The van der Waals surface area contributed by atoms with Crippen LogP contribution < -0.4 is 15.5 Å². The predicted octanol–water partition coefficient (Wildman–Crippen LogP) is 3.57. The SMILES string of the molecule is Cc1nn(-c2ccccc2)c2sc(C(=O)Nc3ccc(N4CCNC4=O)nc3)cc12. The first-order valence-electron chi connectivity index (χ1n) is 9.47. The van der Waals surface area contributed by atoms with Crippen molar-refractivity contribution in [3.8, 4) is 5.69 Å². The third-order valence-corrected chi connectivity index (χ3v) is 6.02. The summed E-state index contributed by atoms with van der Waals surface area (Å²) in [7, 11) is 0. The van der Waals surface area contributed by atoms with Crippen LogP contribution in [0, 0.1) is 6.92 Å². The normalized spacial score (nSPS) is 13.6. The van der Waals surface area contributed by atoms with Crippen molar-refractivity contribution in [1.29, 1.82) is 0 Å². The Morgan fingerprint density at radius 1 is 1.20 bits per heavy atom. The highest BCUT2D eigenvalue weighted by atomic mass is 32.1. The van der Waals surface area contributed by atoms with E-state index >= 15 is 0 Å². The van der Waals surface area contributed by atoms with Crippen molar-refractivity contribution < 1.29 is 9.59 Å². The van der Waals surface area contributed by atoms with Gasteiger partial charge in [0.15, 0.2) is 0 Å². The van der Waals surface area contributed by atoms with Crippen LogP contribution in [0.15, 0.2) is 54.7 Å². The van der Waals surface area contributed by atoms with Crippen LogP contribution >= 0.6 is 11.3 Å². The minimum Gasteiger partial charge on any atom is -0.336 e. The van der Waals surface area contributed by atoms with Gasteiger partial charge in [-0.05, 0) is 37.3 Å². The van der Waals surface area contributed by atoms with Crippen LogP contribution in [-0.4, -0.2) is 39.8 Å². The van der Waals surface area contributed by atoms with Crippen molar-refractivity contribution in [2.24, 2.45) is 0 Å². The number of thiophene rings is 1. The first kappa shape index (κ1) is 18.3. The molecule has 8 nitrogen and oxygen atoms in total. The van der Waals surface area contributed by atoms with Gasteiger partial charge in [-0.2, -0.15) is 5.10 Å². The largest absolute Gasteiger partial charge is 0.336 e. The molecule has 9 heteroatoms.